The fraction of sp³-hybridized carbons (Fsp3) is 0.688. The first kappa shape index (κ1) is 14.3. The molecule has 5 heteroatoms. The first-order valence-corrected chi connectivity index (χ1v) is 8.13. The van der Waals surface area contributed by atoms with Crippen LogP contribution < -0.4 is 5.56 Å². The summed E-state index contributed by atoms with van der Waals surface area (Å²) in [7, 11) is 0. The molecule has 2 aromatic heterocycles. The van der Waals surface area contributed by atoms with Crippen molar-refractivity contribution in [3.05, 3.63) is 22.4 Å². The maximum atomic E-state index is 12.7. The molecule has 0 N–H and O–H groups in total. The number of hydrogen-bond donors (Lipinski definition) is 0. The van der Waals surface area contributed by atoms with Gasteiger partial charge in [0.05, 0.1) is 6.20 Å². The van der Waals surface area contributed by atoms with E-state index in [-0.39, 0.29) is 5.56 Å². The zero-order valence-electron chi connectivity index (χ0n) is 13.0. The van der Waals surface area contributed by atoms with Crippen LogP contribution in [0.2, 0.25) is 0 Å². The van der Waals surface area contributed by atoms with Crippen LogP contribution in [0.15, 0.2) is 11.0 Å². The normalized spacial score (nSPS) is 16.7. The van der Waals surface area contributed by atoms with Crippen molar-refractivity contribution in [2.45, 2.75) is 65.5 Å². The lowest BCUT2D eigenvalue weighted by molar-refractivity contribution is 0.313. The quantitative estimate of drug-likeness (QED) is 0.869. The topological polar surface area (TPSA) is 52.7 Å². The summed E-state index contributed by atoms with van der Waals surface area (Å²) in [6, 6.07) is 0. The van der Waals surface area contributed by atoms with E-state index >= 15 is 0 Å². The van der Waals surface area contributed by atoms with Crippen LogP contribution in [0.25, 0.3) is 11.0 Å². The molecule has 1 fully saturated rings. The van der Waals surface area contributed by atoms with Crippen molar-refractivity contribution in [1.29, 1.82) is 0 Å². The zero-order chi connectivity index (χ0) is 14.8. The second-order valence-corrected chi connectivity index (χ2v) is 6.18. The van der Waals surface area contributed by atoms with Crippen molar-refractivity contribution in [2.75, 3.05) is 0 Å². The molecule has 2 heterocycles. The fourth-order valence-electron chi connectivity index (χ4n) is 3.37. The van der Waals surface area contributed by atoms with Crippen LogP contribution in [0, 0.1) is 12.8 Å². The van der Waals surface area contributed by atoms with Gasteiger partial charge in [-0.25, -0.2) is 9.67 Å². The molecule has 21 heavy (non-hydrogen) atoms. The molecule has 0 atom stereocenters. The van der Waals surface area contributed by atoms with Gasteiger partial charge in [-0.1, -0.05) is 26.2 Å². The molecule has 0 aliphatic heterocycles. The predicted octanol–water partition coefficient (Wildman–Crippen LogP) is 2.89. The van der Waals surface area contributed by atoms with Gasteiger partial charge in [-0.2, -0.15) is 5.10 Å². The van der Waals surface area contributed by atoms with Crippen LogP contribution >= 0.6 is 0 Å². The molecule has 0 radical (unpaired) electrons. The summed E-state index contributed by atoms with van der Waals surface area (Å²) in [6.45, 7) is 5.66. The second-order valence-electron chi connectivity index (χ2n) is 6.18. The average Bonchev–Trinajstić information content (AvgIpc) is 2.88. The van der Waals surface area contributed by atoms with E-state index in [0.717, 1.165) is 31.0 Å². The van der Waals surface area contributed by atoms with Gasteiger partial charge in [-0.3, -0.25) is 9.36 Å². The zero-order valence-corrected chi connectivity index (χ0v) is 13.0. The largest absolute Gasteiger partial charge is 0.296 e. The lowest BCUT2D eigenvalue weighted by atomic mass is 9.89. The van der Waals surface area contributed by atoms with Gasteiger partial charge in [0.15, 0.2) is 5.65 Å². The lowest BCUT2D eigenvalue weighted by Gasteiger charge is -2.23. The SMILES string of the molecule is CCCn1ncc2c(=O)n(CC3CCCCC3)c(C)nc21. The Labute approximate surface area is 125 Å². The van der Waals surface area contributed by atoms with E-state index in [1.165, 1.54) is 32.1 Å². The Hall–Kier alpha value is -1.65. The maximum absolute atomic E-state index is 12.7. The molecule has 3 rings (SSSR count). The Morgan fingerprint density at radius 2 is 2.05 bits per heavy atom. The van der Waals surface area contributed by atoms with Gasteiger partial charge in [-0.05, 0) is 32.1 Å². The van der Waals surface area contributed by atoms with Crippen LogP contribution in [-0.2, 0) is 13.1 Å². The first-order chi connectivity index (χ1) is 10.2. The molecule has 2 aromatic rings. The minimum absolute atomic E-state index is 0.0745. The van der Waals surface area contributed by atoms with Crippen LogP contribution in [0.1, 0.15) is 51.3 Å². The van der Waals surface area contributed by atoms with Crippen molar-refractivity contribution < 1.29 is 0 Å². The number of fused-ring (bicyclic) bond motifs is 1. The van der Waals surface area contributed by atoms with Gasteiger partial charge >= 0.3 is 0 Å². The van der Waals surface area contributed by atoms with Crippen LogP contribution in [-0.4, -0.2) is 19.3 Å². The summed E-state index contributed by atoms with van der Waals surface area (Å²) in [6.07, 6.45) is 9.06. The summed E-state index contributed by atoms with van der Waals surface area (Å²) in [5, 5.41) is 4.97. The highest BCUT2D eigenvalue weighted by Crippen LogP contribution is 2.25. The summed E-state index contributed by atoms with van der Waals surface area (Å²) < 4.78 is 3.70. The molecule has 0 saturated heterocycles. The van der Waals surface area contributed by atoms with Gasteiger partial charge in [0.2, 0.25) is 0 Å². The third-order valence-electron chi connectivity index (χ3n) is 4.55. The summed E-state index contributed by atoms with van der Waals surface area (Å²) in [5.41, 5.74) is 0.810. The lowest BCUT2D eigenvalue weighted by Crippen LogP contribution is -2.28. The maximum Gasteiger partial charge on any atom is 0.264 e. The van der Waals surface area contributed by atoms with Crippen molar-refractivity contribution in [3.63, 3.8) is 0 Å². The van der Waals surface area contributed by atoms with Crippen LogP contribution in [0.5, 0.6) is 0 Å². The van der Waals surface area contributed by atoms with Gasteiger partial charge in [0.25, 0.3) is 5.56 Å². The number of aryl methyl sites for hydroxylation is 2. The highest BCUT2D eigenvalue weighted by atomic mass is 16.1. The third-order valence-corrected chi connectivity index (χ3v) is 4.55. The van der Waals surface area contributed by atoms with Crippen LogP contribution in [0.3, 0.4) is 0 Å². The molecule has 0 aromatic carbocycles. The Bertz CT molecular complexity index is 679. The highest BCUT2D eigenvalue weighted by Gasteiger charge is 2.18. The first-order valence-electron chi connectivity index (χ1n) is 8.13. The van der Waals surface area contributed by atoms with E-state index in [2.05, 4.69) is 17.0 Å². The summed E-state index contributed by atoms with van der Waals surface area (Å²) >= 11 is 0. The van der Waals surface area contributed by atoms with E-state index in [1.54, 1.807) is 6.20 Å². The number of nitrogens with zero attached hydrogens (tertiary/aromatic N) is 4. The summed E-state index contributed by atoms with van der Waals surface area (Å²) in [4.78, 5) is 17.4. The molecule has 0 amide bonds. The second kappa shape index (κ2) is 6.00. The molecule has 1 saturated carbocycles. The molecular weight excluding hydrogens is 264 g/mol. The molecule has 1 aliphatic carbocycles. The van der Waals surface area contributed by atoms with E-state index in [0.29, 0.717) is 11.3 Å². The third kappa shape index (κ3) is 2.74. The van der Waals surface area contributed by atoms with Gasteiger partial charge in [0, 0.05) is 13.1 Å². The highest BCUT2D eigenvalue weighted by molar-refractivity contribution is 5.73. The molecule has 5 nitrogen and oxygen atoms in total. The minimum atomic E-state index is 0.0745. The van der Waals surface area contributed by atoms with E-state index in [9.17, 15) is 4.79 Å². The van der Waals surface area contributed by atoms with Crippen molar-refractivity contribution in [1.82, 2.24) is 19.3 Å². The molecule has 1 aliphatic rings. The van der Waals surface area contributed by atoms with Crippen molar-refractivity contribution in [2.24, 2.45) is 5.92 Å². The fourth-order valence-corrected chi connectivity index (χ4v) is 3.37. The molecule has 0 bridgehead atoms. The van der Waals surface area contributed by atoms with Crippen molar-refractivity contribution in [3.8, 4) is 0 Å². The Balaban J connectivity index is 1.97. The standard InChI is InChI=1S/C16H24N4O/c1-3-9-20-15-14(10-17-20)16(21)19(12(2)18-15)11-13-7-5-4-6-8-13/h10,13H,3-9,11H2,1-2H3. The van der Waals surface area contributed by atoms with Gasteiger partial charge in [0.1, 0.15) is 11.2 Å². The smallest absolute Gasteiger partial charge is 0.264 e. The van der Waals surface area contributed by atoms with E-state index < -0.39 is 0 Å². The summed E-state index contributed by atoms with van der Waals surface area (Å²) in [5.74, 6) is 1.44. The molecule has 0 spiro atoms. The molecule has 114 valence electrons. The van der Waals surface area contributed by atoms with E-state index in [4.69, 9.17) is 0 Å². The number of aromatic nitrogens is 4. The molecular formula is C16H24N4O. The van der Waals surface area contributed by atoms with Crippen molar-refractivity contribution >= 4 is 11.0 Å². The predicted molar refractivity (Wildman–Crippen MR) is 83.4 cm³/mol. The monoisotopic (exact) mass is 288 g/mol. The number of hydrogen-bond acceptors (Lipinski definition) is 3. The Morgan fingerprint density at radius 3 is 2.76 bits per heavy atom. The van der Waals surface area contributed by atoms with Gasteiger partial charge in [-0.15, -0.1) is 0 Å². The number of rotatable bonds is 4. The Morgan fingerprint density at radius 1 is 1.29 bits per heavy atom. The van der Waals surface area contributed by atoms with Crippen LogP contribution in [0.4, 0.5) is 0 Å². The minimum Gasteiger partial charge on any atom is -0.296 e. The van der Waals surface area contributed by atoms with E-state index in [1.807, 2.05) is 16.2 Å². The van der Waals surface area contributed by atoms with Gasteiger partial charge < -0.3 is 0 Å². The average molecular weight is 288 g/mol. The molecule has 0 unspecified atom stereocenters. The Kier molecular flexibility index (Phi) is 4.08.